The minimum atomic E-state index is -0.321. The topological polar surface area (TPSA) is 111 Å². The number of carbonyl (C=O) groups excluding carboxylic acids is 1. The Morgan fingerprint density at radius 2 is 1.97 bits per heavy atom. The number of benzene rings is 1. The van der Waals surface area contributed by atoms with Gasteiger partial charge in [0, 0.05) is 23.1 Å². The molecule has 1 aromatic carbocycles. The SMILES string of the molecule is CCc1cc2c(cc1SC1=NC3C(N)=NCN=C3C(C)C(CCC(=O)NC3CC3)C1)OCCO2. The van der Waals surface area contributed by atoms with Crippen molar-refractivity contribution in [3.63, 3.8) is 0 Å². The molecule has 4 aliphatic rings. The normalized spacial score (nSPS) is 25.9. The second-order valence-electron chi connectivity index (χ2n) is 9.43. The van der Waals surface area contributed by atoms with E-state index in [0.29, 0.717) is 38.2 Å². The lowest BCUT2D eigenvalue weighted by Gasteiger charge is -2.26. The van der Waals surface area contributed by atoms with E-state index in [-0.39, 0.29) is 23.8 Å². The first-order valence-electron chi connectivity index (χ1n) is 12.3. The van der Waals surface area contributed by atoms with Crippen molar-refractivity contribution in [2.45, 2.75) is 69.4 Å². The second-order valence-corrected chi connectivity index (χ2v) is 10.5. The number of hydrogen-bond donors (Lipinski definition) is 2. The van der Waals surface area contributed by atoms with Gasteiger partial charge < -0.3 is 20.5 Å². The molecule has 5 rings (SSSR count). The van der Waals surface area contributed by atoms with Crippen molar-refractivity contribution < 1.29 is 14.3 Å². The maximum absolute atomic E-state index is 12.4. The summed E-state index contributed by atoms with van der Waals surface area (Å²) in [5.41, 5.74) is 8.50. The number of carbonyl (C=O) groups is 1. The standard InChI is InChI=1S/C25H33N5O3S/c1-3-15-10-18-19(33-9-8-32-18)12-20(15)34-22-11-16(4-7-21(31)29-17-5-6-17)14(2)23-24(30-22)25(26)28-13-27-23/h10,12,14,16-17,24H,3-9,11,13H2,1-2H3,(H2,26,28)(H,29,31). The van der Waals surface area contributed by atoms with Crippen LogP contribution in [0.3, 0.4) is 0 Å². The Labute approximate surface area is 204 Å². The minimum absolute atomic E-state index is 0.147. The molecule has 3 aliphatic heterocycles. The molecule has 8 nitrogen and oxygen atoms in total. The third-order valence-electron chi connectivity index (χ3n) is 6.97. The highest BCUT2D eigenvalue weighted by Crippen LogP contribution is 2.40. The highest BCUT2D eigenvalue weighted by atomic mass is 32.2. The van der Waals surface area contributed by atoms with E-state index >= 15 is 0 Å². The monoisotopic (exact) mass is 483 g/mol. The summed E-state index contributed by atoms with van der Waals surface area (Å²) < 4.78 is 11.6. The van der Waals surface area contributed by atoms with Crippen molar-refractivity contribution in [1.82, 2.24) is 5.32 Å². The summed E-state index contributed by atoms with van der Waals surface area (Å²) in [6, 6.07) is 4.22. The van der Waals surface area contributed by atoms with Gasteiger partial charge in [0.05, 0.1) is 5.04 Å². The largest absolute Gasteiger partial charge is 0.486 e. The van der Waals surface area contributed by atoms with Crippen LogP contribution in [0.1, 0.15) is 51.5 Å². The maximum atomic E-state index is 12.4. The number of amides is 1. The molecule has 0 aromatic heterocycles. The summed E-state index contributed by atoms with van der Waals surface area (Å²) in [6.45, 7) is 5.83. The summed E-state index contributed by atoms with van der Waals surface area (Å²) in [5, 5.41) is 4.11. The number of aryl methyl sites for hydroxylation is 1. The van der Waals surface area contributed by atoms with E-state index < -0.39 is 0 Å². The molecule has 0 spiro atoms. The molecule has 3 atom stereocenters. The Hall–Kier alpha value is -2.55. The van der Waals surface area contributed by atoms with E-state index in [9.17, 15) is 4.79 Å². The predicted molar refractivity (Wildman–Crippen MR) is 135 cm³/mol. The van der Waals surface area contributed by atoms with Crippen LogP contribution >= 0.6 is 11.8 Å². The quantitative estimate of drug-likeness (QED) is 0.645. The van der Waals surface area contributed by atoms with Gasteiger partial charge in [-0.2, -0.15) is 0 Å². The zero-order valence-corrected chi connectivity index (χ0v) is 20.7. The molecule has 1 saturated carbocycles. The van der Waals surface area contributed by atoms with Gasteiger partial charge in [-0.05, 0) is 61.6 Å². The molecule has 1 aromatic rings. The van der Waals surface area contributed by atoms with Gasteiger partial charge in [-0.1, -0.05) is 25.6 Å². The van der Waals surface area contributed by atoms with Crippen LogP contribution in [0.2, 0.25) is 0 Å². The van der Waals surface area contributed by atoms with Crippen LogP contribution in [0, 0.1) is 11.8 Å². The zero-order valence-electron chi connectivity index (χ0n) is 19.9. The lowest BCUT2D eigenvalue weighted by atomic mass is 9.82. The summed E-state index contributed by atoms with van der Waals surface area (Å²) in [7, 11) is 0. The number of nitrogens with zero attached hydrogens (tertiary/aromatic N) is 3. The number of rotatable bonds is 6. The first kappa shape index (κ1) is 23.2. The third kappa shape index (κ3) is 5.09. The molecule has 34 heavy (non-hydrogen) atoms. The Bertz CT molecular complexity index is 1050. The molecule has 3 unspecified atom stereocenters. The highest BCUT2D eigenvalue weighted by molar-refractivity contribution is 8.14. The van der Waals surface area contributed by atoms with Gasteiger partial charge in [-0.3, -0.25) is 14.8 Å². The first-order chi connectivity index (χ1) is 16.5. The Morgan fingerprint density at radius 1 is 1.21 bits per heavy atom. The van der Waals surface area contributed by atoms with Crippen molar-refractivity contribution >= 4 is 34.3 Å². The maximum Gasteiger partial charge on any atom is 0.220 e. The fourth-order valence-corrected chi connectivity index (χ4v) is 5.97. The molecule has 182 valence electrons. The van der Waals surface area contributed by atoms with Gasteiger partial charge in [-0.15, -0.1) is 0 Å². The number of ether oxygens (including phenoxy) is 2. The summed E-state index contributed by atoms with van der Waals surface area (Å²) in [6.07, 6.45) is 5.19. The number of thioether (sulfide) groups is 1. The van der Waals surface area contributed by atoms with Gasteiger partial charge in [0.1, 0.15) is 31.8 Å². The molecular formula is C25H33N5O3S. The van der Waals surface area contributed by atoms with E-state index in [1.165, 1.54) is 5.56 Å². The number of hydrogen-bond acceptors (Lipinski definition) is 8. The summed E-state index contributed by atoms with van der Waals surface area (Å²) in [5.74, 6) is 2.70. The molecule has 0 saturated heterocycles. The van der Waals surface area contributed by atoms with Crippen molar-refractivity contribution in [3.8, 4) is 11.5 Å². The molecule has 1 aliphatic carbocycles. The van der Waals surface area contributed by atoms with Crippen LogP contribution in [-0.4, -0.2) is 54.5 Å². The fourth-order valence-electron chi connectivity index (χ4n) is 4.76. The molecule has 0 bridgehead atoms. The predicted octanol–water partition coefficient (Wildman–Crippen LogP) is 3.36. The zero-order chi connectivity index (χ0) is 23.7. The number of nitrogens with two attached hydrogens (primary N) is 1. The number of nitrogens with one attached hydrogen (secondary N) is 1. The molecule has 3 heterocycles. The smallest absolute Gasteiger partial charge is 0.220 e. The van der Waals surface area contributed by atoms with Crippen LogP contribution in [0.4, 0.5) is 0 Å². The van der Waals surface area contributed by atoms with Crippen molar-refractivity contribution in [3.05, 3.63) is 17.7 Å². The lowest BCUT2D eigenvalue weighted by molar-refractivity contribution is -0.121. The van der Waals surface area contributed by atoms with E-state index in [1.807, 2.05) is 0 Å². The number of fused-ring (bicyclic) bond motifs is 2. The lowest BCUT2D eigenvalue weighted by Crippen LogP contribution is -2.41. The van der Waals surface area contributed by atoms with Gasteiger partial charge in [0.2, 0.25) is 5.91 Å². The van der Waals surface area contributed by atoms with Crippen LogP contribution in [0.15, 0.2) is 32.0 Å². The van der Waals surface area contributed by atoms with E-state index in [4.69, 9.17) is 25.2 Å². The van der Waals surface area contributed by atoms with E-state index in [1.54, 1.807) is 11.8 Å². The Kier molecular flexibility index (Phi) is 6.81. The van der Waals surface area contributed by atoms with Gasteiger partial charge >= 0.3 is 0 Å². The third-order valence-corrected chi connectivity index (χ3v) is 8.08. The summed E-state index contributed by atoms with van der Waals surface area (Å²) in [4.78, 5) is 27.7. The molecular weight excluding hydrogens is 450 g/mol. The van der Waals surface area contributed by atoms with Crippen LogP contribution in [0.5, 0.6) is 11.5 Å². The van der Waals surface area contributed by atoms with Crippen molar-refractivity contribution in [1.29, 1.82) is 0 Å². The second kappa shape index (κ2) is 9.98. The summed E-state index contributed by atoms with van der Waals surface area (Å²) >= 11 is 1.67. The number of aliphatic imine (C=N–C) groups is 3. The Morgan fingerprint density at radius 3 is 2.71 bits per heavy atom. The van der Waals surface area contributed by atoms with Crippen LogP contribution < -0.4 is 20.5 Å². The number of amidine groups is 1. The van der Waals surface area contributed by atoms with Crippen molar-refractivity contribution in [2.24, 2.45) is 32.5 Å². The molecule has 0 radical (unpaired) electrons. The van der Waals surface area contributed by atoms with Gasteiger partial charge in [-0.25, -0.2) is 4.99 Å². The molecule has 9 heteroatoms. The van der Waals surface area contributed by atoms with Gasteiger partial charge in [0.25, 0.3) is 0 Å². The molecule has 1 fully saturated rings. The van der Waals surface area contributed by atoms with E-state index in [2.05, 4.69) is 36.3 Å². The Balaban J connectivity index is 1.40. The average Bonchev–Trinajstić information content (AvgIpc) is 3.66. The first-order valence-corrected chi connectivity index (χ1v) is 13.1. The van der Waals surface area contributed by atoms with Crippen molar-refractivity contribution in [2.75, 3.05) is 19.9 Å². The highest BCUT2D eigenvalue weighted by Gasteiger charge is 2.36. The fraction of sp³-hybridized carbons (Fsp3) is 0.600. The minimum Gasteiger partial charge on any atom is -0.486 e. The average molecular weight is 484 g/mol. The molecule has 1 amide bonds. The van der Waals surface area contributed by atoms with Gasteiger partial charge in [0.15, 0.2) is 11.5 Å². The van der Waals surface area contributed by atoms with Crippen LogP contribution in [-0.2, 0) is 11.2 Å². The van der Waals surface area contributed by atoms with Crippen LogP contribution in [0.25, 0.3) is 0 Å². The van der Waals surface area contributed by atoms with E-state index in [0.717, 1.165) is 59.3 Å². The molecule has 3 N–H and O–H groups in total.